The summed E-state index contributed by atoms with van der Waals surface area (Å²) in [5.41, 5.74) is 0.429. The predicted molar refractivity (Wildman–Crippen MR) is 114 cm³/mol. The lowest BCUT2D eigenvalue weighted by Crippen LogP contribution is -2.50. The number of rotatable bonds is 11. The highest BCUT2D eigenvalue weighted by Crippen LogP contribution is 2.30. The lowest BCUT2D eigenvalue weighted by atomic mass is 10.2. The van der Waals surface area contributed by atoms with Crippen molar-refractivity contribution >= 4 is 15.7 Å². The van der Waals surface area contributed by atoms with Crippen LogP contribution >= 0.6 is 0 Å². The van der Waals surface area contributed by atoms with Crippen molar-refractivity contribution < 1.29 is 18.3 Å². The molecular formula is C20H33N3O4S. The molecule has 1 aromatic carbocycles. The molecule has 1 aromatic rings. The number of nitrogens with zero attached hydrogens (tertiary/aromatic N) is 3. The number of piperazine rings is 1. The number of benzene rings is 1. The summed E-state index contributed by atoms with van der Waals surface area (Å²) in [6.07, 6.45) is 3.10. The van der Waals surface area contributed by atoms with Gasteiger partial charge in [0.1, 0.15) is 12.4 Å². The zero-order valence-corrected chi connectivity index (χ0v) is 17.8. The Kier molecular flexibility index (Phi) is 8.75. The lowest BCUT2D eigenvalue weighted by Gasteiger charge is -2.36. The third-order valence-electron chi connectivity index (χ3n) is 4.74. The fourth-order valence-corrected chi connectivity index (χ4v) is 4.36. The van der Waals surface area contributed by atoms with Crippen molar-refractivity contribution in [2.45, 2.75) is 19.4 Å². The largest absolute Gasteiger partial charge is 0.487 e. The van der Waals surface area contributed by atoms with Crippen LogP contribution in [0.3, 0.4) is 0 Å². The average molecular weight is 412 g/mol. The van der Waals surface area contributed by atoms with Gasteiger partial charge in [0.2, 0.25) is 10.0 Å². The molecule has 0 bridgehead atoms. The van der Waals surface area contributed by atoms with Crippen LogP contribution in [0.25, 0.3) is 0 Å². The van der Waals surface area contributed by atoms with E-state index in [-0.39, 0.29) is 13.2 Å². The Morgan fingerprint density at radius 2 is 1.89 bits per heavy atom. The predicted octanol–water partition coefficient (Wildman–Crippen LogP) is 1.41. The third kappa shape index (κ3) is 6.77. The van der Waals surface area contributed by atoms with Gasteiger partial charge in [-0.1, -0.05) is 31.7 Å². The van der Waals surface area contributed by atoms with Crippen LogP contribution in [0.5, 0.6) is 5.75 Å². The zero-order valence-electron chi connectivity index (χ0n) is 17.0. The van der Waals surface area contributed by atoms with Crippen LogP contribution in [-0.2, 0) is 10.0 Å². The van der Waals surface area contributed by atoms with Gasteiger partial charge < -0.3 is 14.7 Å². The number of aliphatic hydroxyl groups is 1. The first-order valence-electron chi connectivity index (χ1n) is 9.78. The van der Waals surface area contributed by atoms with E-state index in [2.05, 4.69) is 23.3 Å². The Morgan fingerprint density at radius 1 is 1.25 bits per heavy atom. The molecule has 1 fully saturated rings. The molecule has 1 heterocycles. The molecule has 1 atom stereocenters. The Hall–Kier alpha value is -1.61. The molecule has 0 amide bonds. The van der Waals surface area contributed by atoms with Crippen molar-refractivity contribution in [3.63, 3.8) is 0 Å². The van der Waals surface area contributed by atoms with Crippen molar-refractivity contribution in [1.29, 1.82) is 0 Å². The second-order valence-electron chi connectivity index (χ2n) is 7.16. The van der Waals surface area contributed by atoms with Crippen molar-refractivity contribution in [3.8, 4) is 5.75 Å². The fraction of sp³-hybridized carbons (Fsp3) is 0.600. The minimum atomic E-state index is -3.58. The second kappa shape index (κ2) is 10.8. The molecule has 158 valence electrons. The maximum absolute atomic E-state index is 12.4. The molecule has 0 aliphatic carbocycles. The topological polar surface area (TPSA) is 73.3 Å². The number of para-hydroxylation sites is 2. The van der Waals surface area contributed by atoms with Crippen molar-refractivity contribution in [2.24, 2.45) is 0 Å². The van der Waals surface area contributed by atoms with Crippen LogP contribution < -0.4 is 9.04 Å². The van der Waals surface area contributed by atoms with Gasteiger partial charge in [0.15, 0.2) is 0 Å². The summed E-state index contributed by atoms with van der Waals surface area (Å²) in [6, 6.07) is 6.95. The van der Waals surface area contributed by atoms with Gasteiger partial charge >= 0.3 is 0 Å². The highest BCUT2D eigenvalue weighted by molar-refractivity contribution is 7.92. The van der Waals surface area contributed by atoms with Gasteiger partial charge in [0.05, 0.1) is 24.6 Å². The normalized spacial score (nSPS) is 17.2. The third-order valence-corrected chi connectivity index (χ3v) is 5.89. The Bertz CT molecular complexity index is 718. The van der Waals surface area contributed by atoms with Gasteiger partial charge in [-0.05, 0) is 25.1 Å². The summed E-state index contributed by atoms with van der Waals surface area (Å²) in [5, 5.41) is 10.6. The van der Waals surface area contributed by atoms with E-state index >= 15 is 0 Å². The number of hydrogen-bond acceptors (Lipinski definition) is 6. The van der Waals surface area contributed by atoms with Crippen molar-refractivity contribution in [2.75, 3.05) is 63.0 Å². The van der Waals surface area contributed by atoms with Crippen molar-refractivity contribution in [3.05, 3.63) is 36.9 Å². The fourth-order valence-electron chi connectivity index (χ4n) is 3.41. The molecule has 1 aliphatic rings. The number of anilines is 1. The number of hydrogen-bond donors (Lipinski definition) is 1. The van der Waals surface area contributed by atoms with E-state index in [1.807, 2.05) is 0 Å². The molecule has 2 rings (SSSR count). The summed E-state index contributed by atoms with van der Waals surface area (Å²) in [5.74, 6) is 0.452. The molecule has 7 nitrogen and oxygen atoms in total. The van der Waals surface area contributed by atoms with E-state index in [1.54, 1.807) is 30.3 Å². The number of β-amino-alcohol motifs (C(OH)–C–C–N with tert-alkyl or cyclic N) is 1. The average Bonchev–Trinajstić information content (AvgIpc) is 2.66. The maximum Gasteiger partial charge on any atom is 0.232 e. The smallest absolute Gasteiger partial charge is 0.232 e. The van der Waals surface area contributed by atoms with E-state index in [0.717, 1.165) is 45.4 Å². The standard InChI is InChI=1S/C20H33N3O4S/c1-4-10-21-11-13-22(14-12-21)16-18(24)17-23(28(3,25)26)19-8-6-7-9-20(19)27-15-5-2/h5-9,18,24H,2,4,10-17H2,1,3H3. The summed E-state index contributed by atoms with van der Waals surface area (Å²) < 4.78 is 31.7. The molecule has 0 aromatic heterocycles. The first kappa shape index (κ1) is 22.7. The molecule has 0 radical (unpaired) electrons. The number of sulfonamides is 1. The molecule has 1 unspecified atom stereocenters. The SMILES string of the molecule is C=CCOc1ccccc1N(CC(O)CN1CCN(CCC)CC1)S(C)(=O)=O. The van der Waals surface area contributed by atoms with E-state index in [0.29, 0.717) is 18.0 Å². The lowest BCUT2D eigenvalue weighted by molar-refractivity contribution is 0.0770. The minimum absolute atomic E-state index is 0.0114. The van der Waals surface area contributed by atoms with Gasteiger partial charge in [0.25, 0.3) is 0 Å². The Labute approximate surface area is 169 Å². The quantitative estimate of drug-likeness (QED) is 0.555. The monoisotopic (exact) mass is 411 g/mol. The number of ether oxygens (including phenoxy) is 1. The molecule has 0 spiro atoms. The van der Waals surface area contributed by atoms with Gasteiger partial charge in [0, 0.05) is 32.7 Å². The summed E-state index contributed by atoms with van der Waals surface area (Å²) >= 11 is 0. The summed E-state index contributed by atoms with van der Waals surface area (Å²) in [6.45, 7) is 11.3. The summed E-state index contributed by atoms with van der Waals surface area (Å²) in [7, 11) is -3.58. The van der Waals surface area contributed by atoms with E-state index < -0.39 is 16.1 Å². The van der Waals surface area contributed by atoms with Crippen LogP contribution in [0.1, 0.15) is 13.3 Å². The van der Waals surface area contributed by atoms with E-state index in [1.165, 1.54) is 4.31 Å². The van der Waals surface area contributed by atoms with Crippen LogP contribution in [0.15, 0.2) is 36.9 Å². The summed E-state index contributed by atoms with van der Waals surface area (Å²) in [4.78, 5) is 4.61. The molecule has 1 saturated heterocycles. The first-order chi connectivity index (χ1) is 13.3. The van der Waals surface area contributed by atoms with Gasteiger partial charge in [-0.25, -0.2) is 8.42 Å². The van der Waals surface area contributed by atoms with Gasteiger partial charge in [-0.2, -0.15) is 0 Å². The first-order valence-corrected chi connectivity index (χ1v) is 11.6. The molecule has 1 N–H and O–H groups in total. The zero-order chi connectivity index (χ0) is 20.6. The maximum atomic E-state index is 12.4. The number of aliphatic hydroxyl groups excluding tert-OH is 1. The van der Waals surface area contributed by atoms with Crippen LogP contribution in [0, 0.1) is 0 Å². The van der Waals surface area contributed by atoms with E-state index in [9.17, 15) is 13.5 Å². The molecule has 0 saturated carbocycles. The van der Waals surface area contributed by atoms with Crippen LogP contribution in [0.2, 0.25) is 0 Å². The molecular weight excluding hydrogens is 378 g/mol. The Balaban J connectivity index is 2.04. The van der Waals surface area contributed by atoms with Crippen LogP contribution in [-0.4, -0.2) is 88.1 Å². The highest BCUT2D eigenvalue weighted by atomic mass is 32.2. The molecule has 1 aliphatic heterocycles. The van der Waals surface area contributed by atoms with Crippen molar-refractivity contribution in [1.82, 2.24) is 9.80 Å². The van der Waals surface area contributed by atoms with Gasteiger partial charge in [-0.3, -0.25) is 9.21 Å². The molecule has 8 heteroatoms. The van der Waals surface area contributed by atoms with E-state index in [4.69, 9.17) is 4.74 Å². The highest BCUT2D eigenvalue weighted by Gasteiger charge is 2.26. The van der Waals surface area contributed by atoms with Gasteiger partial charge in [-0.15, -0.1) is 0 Å². The van der Waals surface area contributed by atoms with Crippen LogP contribution in [0.4, 0.5) is 5.69 Å². The Morgan fingerprint density at radius 3 is 2.50 bits per heavy atom. The minimum Gasteiger partial charge on any atom is -0.487 e. The molecule has 28 heavy (non-hydrogen) atoms. The second-order valence-corrected chi connectivity index (χ2v) is 9.06.